The molecule has 0 bridgehead atoms. The van der Waals surface area contributed by atoms with Crippen LogP contribution >= 0.6 is 0 Å². The molecule has 0 unspecified atom stereocenters. The van der Waals surface area contributed by atoms with Gasteiger partial charge in [0.25, 0.3) is 5.91 Å². The van der Waals surface area contributed by atoms with E-state index >= 15 is 0 Å². The fourth-order valence-corrected chi connectivity index (χ4v) is 3.39. The molecule has 2 rings (SSSR count). The van der Waals surface area contributed by atoms with E-state index in [0.29, 0.717) is 5.69 Å². The van der Waals surface area contributed by atoms with Crippen molar-refractivity contribution in [3.05, 3.63) is 59.4 Å². The lowest BCUT2D eigenvalue weighted by atomic mass is 10.1. The van der Waals surface area contributed by atoms with E-state index in [2.05, 4.69) is 5.32 Å². The fraction of sp³-hybridized carbons (Fsp3) is 0.263. The Morgan fingerprint density at radius 1 is 1.11 bits per heavy atom. The zero-order valence-corrected chi connectivity index (χ0v) is 16.3. The molecule has 0 atom stereocenters. The van der Waals surface area contributed by atoms with Gasteiger partial charge in [0.15, 0.2) is 6.61 Å². The summed E-state index contributed by atoms with van der Waals surface area (Å²) in [6, 6.07) is 9.76. The van der Waals surface area contributed by atoms with Crippen molar-refractivity contribution in [1.29, 1.82) is 0 Å². The van der Waals surface area contributed by atoms with Gasteiger partial charge < -0.3 is 10.1 Å². The Hall–Kier alpha value is -2.78. The average molecular weight is 408 g/mol. The van der Waals surface area contributed by atoms with Crippen molar-refractivity contribution in [2.45, 2.75) is 25.2 Å². The second kappa shape index (κ2) is 9.43. The molecule has 2 aromatic carbocycles. The zero-order chi connectivity index (χ0) is 20.7. The van der Waals surface area contributed by atoms with Gasteiger partial charge in [0, 0.05) is 5.69 Å². The topological polar surface area (TPSA) is 102 Å². The average Bonchev–Trinajstić information content (AvgIpc) is 2.66. The van der Waals surface area contributed by atoms with E-state index in [9.17, 15) is 22.4 Å². The largest absolute Gasteiger partial charge is 0.455 e. The number of carbonyl (C=O) groups excluding carboxylic acids is 2. The third kappa shape index (κ3) is 5.86. The van der Waals surface area contributed by atoms with E-state index in [1.807, 2.05) is 36.8 Å². The summed E-state index contributed by atoms with van der Waals surface area (Å²) in [6.45, 7) is 2.61. The molecule has 0 spiro atoms. The van der Waals surface area contributed by atoms with E-state index in [1.54, 1.807) is 0 Å². The molecule has 0 saturated carbocycles. The lowest BCUT2D eigenvalue weighted by molar-refractivity contribution is -0.146. The molecule has 1 amide bonds. The fourth-order valence-electron chi connectivity index (χ4n) is 2.43. The number of hydrogen-bond acceptors (Lipinski definition) is 5. The van der Waals surface area contributed by atoms with Crippen molar-refractivity contribution in [1.82, 2.24) is 4.72 Å². The molecule has 2 aromatic rings. The van der Waals surface area contributed by atoms with Gasteiger partial charge in [0.2, 0.25) is 10.0 Å². The molecule has 0 aliphatic carbocycles. The van der Waals surface area contributed by atoms with Crippen molar-refractivity contribution in [2.24, 2.45) is 0 Å². The maximum atomic E-state index is 12.9. The Labute approximate surface area is 163 Å². The summed E-state index contributed by atoms with van der Waals surface area (Å²) in [5, 5.41) is 2.70. The number of aryl methyl sites for hydroxylation is 2. The van der Waals surface area contributed by atoms with Crippen LogP contribution < -0.4 is 10.0 Å². The smallest absolute Gasteiger partial charge is 0.321 e. The van der Waals surface area contributed by atoms with Crippen LogP contribution in [0.2, 0.25) is 0 Å². The van der Waals surface area contributed by atoms with Gasteiger partial charge >= 0.3 is 5.97 Å². The Morgan fingerprint density at radius 2 is 1.79 bits per heavy atom. The second-order valence-corrected chi connectivity index (χ2v) is 7.72. The Bertz CT molecular complexity index is 959. The minimum absolute atomic E-state index is 0.189. The minimum atomic E-state index is -3.99. The van der Waals surface area contributed by atoms with E-state index < -0.39 is 40.9 Å². The SMILES string of the molecule is CCc1cccc(C)c1NC(=O)COC(=O)CNS(=O)(=O)c1ccc(F)cc1. The van der Waals surface area contributed by atoms with E-state index in [1.165, 1.54) is 0 Å². The summed E-state index contributed by atoms with van der Waals surface area (Å²) < 4.78 is 43.7. The number of esters is 1. The molecule has 9 heteroatoms. The van der Waals surface area contributed by atoms with Crippen LogP contribution in [0.1, 0.15) is 18.1 Å². The maximum absolute atomic E-state index is 12.9. The molecule has 7 nitrogen and oxygen atoms in total. The van der Waals surface area contributed by atoms with Crippen LogP contribution in [0.5, 0.6) is 0 Å². The normalized spacial score (nSPS) is 11.1. The lowest BCUT2D eigenvalue weighted by Crippen LogP contribution is -2.32. The highest BCUT2D eigenvalue weighted by Gasteiger charge is 2.17. The molecular formula is C19H21FN2O5S. The first-order chi connectivity index (χ1) is 13.2. The Kier molecular flexibility index (Phi) is 7.24. The lowest BCUT2D eigenvalue weighted by Gasteiger charge is -2.13. The quantitative estimate of drug-likeness (QED) is 0.652. The molecule has 28 heavy (non-hydrogen) atoms. The number of halogens is 1. The first kappa shape index (κ1) is 21.5. The summed E-state index contributed by atoms with van der Waals surface area (Å²) >= 11 is 0. The van der Waals surface area contributed by atoms with E-state index in [-0.39, 0.29) is 4.90 Å². The summed E-state index contributed by atoms with van der Waals surface area (Å²) in [5.74, 6) is -2.02. The summed E-state index contributed by atoms with van der Waals surface area (Å²) in [5.41, 5.74) is 2.50. The summed E-state index contributed by atoms with van der Waals surface area (Å²) in [6.07, 6.45) is 0.724. The third-order valence-electron chi connectivity index (χ3n) is 3.90. The van der Waals surface area contributed by atoms with Gasteiger partial charge in [-0.2, -0.15) is 4.72 Å². The van der Waals surface area contributed by atoms with E-state index in [4.69, 9.17) is 4.74 Å². The predicted molar refractivity (Wildman–Crippen MR) is 102 cm³/mol. The van der Waals surface area contributed by atoms with Crippen molar-refractivity contribution in [3.8, 4) is 0 Å². The standard InChI is InChI=1S/C19H21FN2O5S/c1-3-14-6-4-5-13(2)19(14)22-17(23)12-27-18(24)11-21-28(25,26)16-9-7-15(20)8-10-16/h4-10,21H,3,11-12H2,1-2H3,(H,22,23). The van der Waals surface area contributed by atoms with Crippen molar-refractivity contribution >= 4 is 27.6 Å². The molecule has 0 saturated heterocycles. The number of nitrogens with one attached hydrogen (secondary N) is 2. The number of anilines is 1. The number of benzene rings is 2. The number of amides is 1. The first-order valence-corrected chi connectivity index (χ1v) is 10.0. The van der Waals surface area contributed by atoms with Gasteiger partial charge in [-0.05, 0) is 48.7 Å². The molecule has 150 valence electrons. The first-order valence-electron chi connectivity index (χ1n) is 8.52. The second-order valence-electron chi connectivity index (χ2n) is 5.95. The van der Waals surface area contributed by atoms with Crippen LogP contribution in [0.15, 0.2) is 47.4 Å². The van der Waals surface area contributed by atoms with Gasteiger partial charge in [-0.25, -0.2) is 12.8 Å². The molecule has 2 N–H and O–H groups in total. The Morgan fingerprint density at radius 3 is 2.43 bits per heavy atom. The number of carbonyl (C=O) groups is 2. The molecule has 0 radical (unpaired) electrons. The number of hydrogen-bond donors (Lipinski definition) is 2. The molecule has 0 fully saturated rings. The summed E-state index contributed by atoms with van der Waals surface area (Å²) in [7, 11) is -3.99. The highest BCUT2D eigenvalue weighted by molar-refractivity contribution is 7.89. The highest BCUT2D eigenvalue weighted by Crippen LogP contribution is 2.20. The Balaban J connectivity index is 1.85. The third-order valence-corrected chi connectivity index (χ3v) is 5.32. The molecule has 0 aliphatic rings. The molecule has 0 aromatic heterocycles. The van der Waals surface area contributed by atoms with Crippen molar-refractivity contribution in [2.75, 3.05) is 18.5 Å². The van der Waals surface area contributed by atoms with Gasteiger partial charge in [-0.1, -0.05) is 25.1 Å². The van der Waals surface area contributed by atoms with Crippen LogP contribution in [0.4, 0.5) is 10.1 Å². The molecule has 0 heterocycles. The van der Waals surface area contributed by atoms with Crippen LogP contribution in [0, 0.1) is 12.7 Å². The highest BCUT2D eigenvalue weighted by atomic mass is 32.2. The molecular weight excluding hydrogens is 387 g/mol. The minimum Gasteiger partial charge on any atom is -0.455 e. The monoisotopic (exact) mass is 408 g/mol. The maximum Gasteiger partial charge on any atom is 0.321 e. The number of sulfonamides is 1. The summed E-state index contributed by atoms with van der Waals surface area (Å²) in [4.78, 5) is 23.6. The zero-order valence-electron chi connectivity index (χ0n) is 15.5. The van der Waals surface area contributed by atoms with Gasteiger partial charge in [0.05, 0.1) is 4.90 Å². The van der Waals surface area contributed by atoms with Gasteiger partial charge in [-0.15, -0.1) is 0 Å². The number of para-hydroxylation sites is 1. The van der Waals surface area contributed by atoms with Crippen LogP contribution in [0.3, 0.4) is 0 Å². The van der Waals surface area contributed by atoms with Crippen LogP contribution in [-0.2, 0) is 30.8 Å². The van der Waals surface area contributed by atoms with Crippen molar-refractivity contribution in [3.63, 3.8) is 0 Å². The van der Waals surface area contributed by atoms with Crippen LogP contribution in [0.25, 0.3) is 0 Å². The van der Waals surface area contributed by atoms with Crippen molar-refractivity contribution < 1.29 is 27.1 Å². The number of ether oxygens (including phenoxy) is 1. The van der Waals surface area contributed by atoms with Crippen LogP contribution in [-0.4, -0.2) is 33.4 Å². The number of rotatable bonds is 8. The van der Waals surface area contributed by atoms with E-state index in [0.717, 1.165) is 41.8 Å². The molecule has 0 aliphatic heterocycles. The van der Waals surface area contributed by atoms with Gasteiger partial charge in [-0.3, -0.25) is 9.59 Å². The van der Waals surface area contributed by atoms with Gasteiger partial charge in [0.1, 0.15) is 12.4 Å². The predicted octanol–water partition coefficient (Wildman–Crippen LogP) is 2.16.